The van der Waals surface area contributed by atoms with Gasteiger partial charge in [-0.1, -0.05) is 17.7 Å². The zero-order valence-electron chi connectivity index (χ0n) is 10.2. The standard InChI is InChI=1S/C14H12ClF2NO/c1-14(19,13-5-3-10(16)8-18-13)7-9-2-4-12(17)11(15)6-9/h2-6,8,19H,7H2,1H3. The number of aliphatic hydroxyl groups is 1. The zero-order chi connectivity index (χ0) is 14.0. The van der Waals surface area contributed by atoms with E-state index in [1.165, 1.54) is 24.3 Å². The van der Waals surface area contributed by atoms with Gasteiger partial charge in [0.15, 0.2) is 0 Å². The quantitative estimate of drug-likeness (QED) is 0.936. The lowest BCUT2D eigenvalue weighted by atomic mass is 9.93. The Balaban J connectivity index is 2.25. The molecule has 1 N–H and O–H groups in total. The third-order valence-electron chi connectivity index (χ3n) is 2.81. The zero-order valence-corrected chi connectivity index (χ0v) is 11.0. The summed E-state index contributed by atoms with van der Waals surface area (Å²) in [6.45, 7) is 1.56. The van der Waals surface area contributed by atoms with Crippen LogP contribution in [-0.2, 0) is 12.0 Å². The molecule has 0 aliphatic rings. The van der Waals surface area contributed by atoms with E-state index >= 15 is 0 Å². The third kappa shape index (κ3) is 3.28. The van der Waals surface area contributed by atoms with Gasteiger partial charge in [0.05, 0.1) is 16.9 Å². The molecule has 1 aromatic carbocycles. The van der Waals surface area contributed by atoms with Crippen LogP contribution >= 0.6 is 11.6 Å². The molecule has 100 valence electrons. The van der Waals surface area contributed by atoms with Gasteiger partial charge in [-0.2, -0.15) is 0 Å². The van der Waals surface area contributed by atoms with Gasteiger partial charge in [0.1, 0.15) is 17.2 Å². The molecule has 2 aromatic rings. The fourth-order valence-corrected chi connectivity index (χ4v) is 2.04. The van der Waals surface area contributed by atoms with E-state index in [0.29, 0.717) is 11.3 Å². The second-order valence-corrected chi connectivity index (χ2v) is 4.97. The van der Waals surface area contributed by atoms with E-state index in [9.17, 15) is 13.9 Å². The Morgan fingerprint density at radius 1 is 1.26 bits per heavy atom. The van der Waals surface area contributed by atoms with Gasteiger partial charge in [0.2, 0.25) is 0 Å². The number of hydrogen-bond donors (Lipinski definition) is 1. The summed E-state index contributed by atoms with van der Waals surface area (Å²) in [7, 11) is 0. The van der Waals surface area contributed by atoms with Crippen LogP contribution in [0.2, 0.25) is 5.02 Å². The molecule has 0 bridgehead atoms. The minimum Gasteiger partial charge on any atom is -0.383 e. The Bertz CT molecular complexity index is 584. The third-order valence-corrected chi connectivity index (χ3v) is 3.10. The van der Waals surface area contributed by atoms with Crippen molar-refractivity contribution in [2.75, 3.05) is 0 Å². The lowest BCUT2D eigenvalue weighted by Gasteiger charge is -2.22. The van der Waals surface area contributed by atoms with E-state index in [1.54, 1.807) is 13.0 Å². The molecule has 0 saturated heterocycles. The maximum absolute atomic E-state index is 13.1. The number of benzene rings is 1. The van der Waals surface area contributed by atoms with E-state index < -0.39 is 17.2 Å². The Morgan fingerprint density at radius 2 is 2.00 bits per heavy atom. The van der Waals surface area contributed by atoms with Crippen molar-refractivity contribution < 1.29 is 13.9 Å². The first-order chi connectivity index (χ1) is 8.88. The number of nitrogens with zero attached hydrogens (tertiary/aromatic N) is 1. The molecule has 1 atom stereocenters. The van der Waals surface area contributed by atoms with Gasteiger partial charge in [0, 0.05) is 6.42 Å². The summed E-state index contributed by atoms with van der Waals surface area (Å²) in [6, 6.07) is 6.88. The molecule has 1 heterocycles. The van der Waals surface area contributed by atoms with Crippen molar-refractivity contribution in [3.8, 4) is 0 Å². The minimum absolute atomic E-state index is 0.000338. The van der Waals surface area contributed by atoms with Crippen LogP contribution in [0.15, 0.2) is 36.5 Å². The lowest BCUT2D eigenvalue weighted by Crippen LogP contribution is -2.25. The average Bonchev–Trinajstić information content (AvgIpc) is 2.34. The van der Waals surface area contributed by atoms with E-state index in [0.717, 1.165) is 6.20 Å². The molecule has 1 unspecified atom stereocenters. The summed E-state index contributed by atoms with van der Waals surface area (Å²) >= 11 is 5.69. The SMILES string of the molecule is CC(O)(Cc1ccc(F)c(Cl)c1)c1ccc(F)cn1. The number of rotatable bonds is 3. The van der Waals surface area contributed by atoms with Crippen LogP contribution in [-0.4, -0.2) is 10.1 Å². The van der Waals surface area contributed by atoms with Gasteiger partial charge in [-0.25, -0.2) is 8.78 Å². The van der Waals surface area contributed by atoms with Crippen molar-refractivity contribution in [2.45, 2.75) is 18.9 Å². The molecule has 1 aromatic heterocycles. The summed E-state index contributed by atoms with van der Waals surface area (Å²) in [5.41, 5.74) is -0.272. The van der Waals surface area contributed by atoms with Crippen LogP contribution in [0.25, 0.3) is 0 Å². The van der Waals surface area contributed by atoms with E-state index in [4.69, 9.17) is 11.6 Å². The van der Waals surface area contributed by atoms with E-state index in [1.807, 2.05) is 0 Å². The molecule has 0 amide bonds. The Hall–Kier alpha value is -1.52. The molecule has 0 spiro atoms. The molecular weight excluding hydrogens is 272 g/mol. The predicted octanol–water partition coefficient (Wildman–Crippen LogP) is 3.46. The van der Waals surface area contributed by atoms with Crippen molar-refractivity contribution in [1.82, 2.24) is 4.98 Å². The molecule has 0 aliphatic carbocycles. The Kier molecular flexibility index (Phi) is 3.83. The highest BCUT2D eigenvalue weighted by molar-refractivity contribution is 6.30. The fourth-order valence-electron chi connectivity index (χ4n) is 1.83. The molecule has 0 radical (unpaired) electrons. The smallest absolute Gasteiger partial charge is 0.141 e. The largest absolute Gasteiger partial charge is 0.383 e. The monoisotopic (exact) mass is 283 g/mol. The number of hydrogen-bond acceptors (Lipinski definition) is 2. The normalized spacial score (nSPS) is 14.2. The second kappa shape index (κ2) is 5.23. The van der Waals surface area contributed by atoms with Crippen molar-refractivity contribution in [2.24, 2.45) is 0 Å². The van der Waals surface area contributed by atoms with Crippen LogP contribution in [0.3, 0.4) is 0 Å². The molecular formula is C14H12ClF2NO. The van der Waals surface area contributed by atoms with Gasteiger partial charge >= 0.3 is 0 Å². The van der Waals surface area contributed by atoms with Gasteiger partial charge in [-0.05, 0) is 36.8 Å². The lowest BCUT2D eigenvalue weighted by molar-refractivity contribution is 0.0529. The molecule has 2 nitrogen and oxygen atoms in total. The highest BCUT2D eigenvalue weighted by Crippen LogP contribution is 2.26. The van der Waals surface area contributed by atoms with Crippen molar-refractivity contribution >= 4 is 11.6 Å². The van der Waals surface area contributed by atoms with Crippen LogP contribution in [0.5, 0.6) is 0 Å². The summed E-state index contributed by atoms with van der Waals surface area (Å²) < 4.78 is 25.8. The van der Waals surface area contributed by atoms with Crippen LogP contribution < -0.4 is 0 Å². The predicted molar refractivity (Wildman–Crippen MR) is 68.9 cm³/mol. The van der Waals surface area contributed by atoms with E-state index in [-0.39, 0.29) is 11.4 Å². The molecule has 0 fully saturated rings. The summed E-state index contributed by atoms with van der Waals surface area (Å²) in [6.07, 6.45) is 1.24. The van der Waals surface area contributed by atoms with Crippen molar-refractivity contribution in [1.29, 1.82) is 0 Å². The van der Waals surface area contributed by atoms with Gasteiger partial charge in [-0.3, -0.25) is 4.98 Å². The maximum atomic E-state index is 13.1. The first-order valence-corrected chi connectivity index (χ1v) is 6.04. The van der Waals surface area contributed by atoms with Crippen LogP contribution in [0.1, 0.15) is 18.2 Å². The van der Waals surface area contributed by atoms with Crippen LogP contribution in [0.4, 0.5) is 8.78 Å². The first-order valence-electron chi connectivity index (χ1n) is 5.67. The Labute approximate surface area is 114 Å². The van der Waals surface area contributed by atoms with Crippen LogP contribution in [0, 0.1) is 11.6 Å². The average molecular weight is 284 g/mol. The van der Waals surface area contributed by atoms with Gasteiger partial charge in [0.25, 0.3) is 0 Å². The first kappa shape index (κ1) is 13.9. The second-order valence-electron chi connectivity index (χ2n) is 4.56. The number of halogens is 3. The van der Waals surface area contributed by atoms with Gasteiger partial charge < -0.3 is 5.11 Å². The van der Waals surface area contributed by atoms with Gasteiger partial charge in [-0.15, -0.1) is 0 Å². The highest BCUT2D eigenvalue weighted by Gasteiger charge is 2.25. The topological polar surface area (TPSA) is 33.1 Å². The maximum Gasteiger partial charge on any atom is 0.141 e. The van der Waals surface area contributed by atoms with Crippen molar-refractivity contribution in [3.63, 3.8) is 0 Å². The molecule has 5 heteroatoms. The number of pyridine rings is 1. The Morgan fingerprint density at radius 3 is 2.58 bits per heavy atom. The van der Waals surface area contributed by atoms with Crippen molar-refractivity contribution in [3.05, 3.63) is 64.4 Å². The fraction of sp³-hybridized carbons (Fsp3) is 0.214. The molecule has 0 aliphatic heterocycles. The van der Waals surface area contributed by atoms with E-state index in [2.05, 4.69) is 4.98 Å². The summed E-state index contributed by atoms with van der Waals surface area (Å²) in [4.78, 5) is 3.85. The molecule has 2 rings (SSSR count). The molecule has 19 heavy (non-hydrogen) atoms. The summed E-state index contributed by atoms with van der Waals surface area (Å²) in [5.74, 6) is -0.977. The summed E-state index contributed by atoms with van der Waals surface area (Å²) in [5, 5.41) is 10.4. The minimum atomic E-state index is -1.28. The number of aromatic nitrogens is 1. The highest BCUT2D eigenvalue weighted by atomic mass is 35.5. The molecule has 0 saturated carbocycles.